The second-order valence-corrected chi connectivity index (χ2v) is 6.38. The van der Waals surface area contributed by atoms with Gasteiger partial charge in [0.2, 0.25) is 5.91 Å². The van der Waals surface area contributed by atoms with Crippen LogP contribution in [0.3, 0.4) is 0 Å². The lowest BCUT2D eigenvalue weighted by molar-refractivity contribution is -0.131. The molecule has 1 fully saturated rings. The molecule has 0 aliphatic carbocycles. The summed E-state index contributed by atoms with van der Waals surface area (Å²) in [4.78, 5) is 18.8. The zero-order chi connectivity index (χ0) is 16.9. The van der Waals surface area contributed by atoms with E-state index in [4.69, 9.17) is 9.47 Å². The van der Waals surface area contributed by atoms with Crippen LogP contribution in [0.4, 0.5) is 0 Å². The van der Waals surface area contributed by atoms with Gasteiger partial charge in [-0.25, -0.2) is 4.98 Å². The van der Waals surface area contributed by atoms with Crippen molar-refractivity contribution in [3.63, 3.8) is 0 Å². The lowest BCUT2D eigenvalue weighted by Crippen LogP contribution is -2.46. The van der Waals surface area contributed by atoms with Crippen molar-refractivity contribution in [2.24, 2.45) is 0 Å². The van der Waals surface area contributed by atoms with Gasteiger partial charge in [-0.2, -0.15) is 0 Å². The Kier molecular flexibility index (Phi) is 7.04. The van der Waals surface area contributed by atoms with E-state index in [1.807, 2.05) is 28.5 Å². The molecule has 0 radical (unpaired) electrons. The number of carbonyl (C=O) groups excluding carboxylic acids is 1. The number of methoxy groups -OCH3 is 2. The maximum atomic E-state index is 12.3. The van der Waals surface area contributed by atoms with Crippen LogP contribution in [0.2, 0.25) is 0 Å². The highest BCUT2D eigenvalue weighted by Gasteiger charge is 2.18. The van der Waals surface area contributed by atoms with E-state index in [-0.39, 0.29) is 18.3 Å². The molecule has 3 rings (SSSR count). The van der Waals surface area contributed by atoms with E-state index in [0.717, 1.165) is 42.4 Å². The minimum absolute atomic E-state index is 0. The number of hydrogen-bond acceptors (Lipinski definition) is 6. The molecule has 1 aliphatic rings. The molecule has 0 spiro atoms. The lowest BCUT2D eigenvalue weighted by Gasteiger charge is -2.27. The molecule has 136 valence electrons. The molecule has 0 unspecified atom stereocenters. The molecule has 2 aromatic rings. The van der Waals surface area contributed by atoms with Gasteiger partial charge in [0.1, 0.15) is 5.01 Å². The molecule has 25 heavy (non-hydrogen) atoms. The normalized spacial score (nSPS) is 13.9. The number of nitrogens with zero attached hydrogens (tertiary/aromatic N) is 2. The molecule has 1 aromatic carbocycles. The number of amides is 1. The van der Waals surface area contributed by atoms with Gasteiger partial charge in [-0.05, 0) is 18.2 Å². The van der Waals surface area contributed by atoms with Gasteiger partial charge in [0.25, 0.3) is 0 Å². The van der Waals surface area contributed by atoms with Crippen molar-refractivity contribution >= 4 is 29.7 Å². The SMILES string of the molecule is COc1ccc(-c2nc(CC(=O)N3CCNCC3)cs2)cc1OC.Cl. The molecule has 2 heterocycles. The van der Waals surface area contributed by atoms with Gasteiger partial charge in [-0.3, -0.25) is 4.79 Å². The Bertz CT molecular complexity index is 717. The van der Waals surface area contributed by atoms with Crippen LogP contribution in [0.5, 0.6) is 11.5 Å². The number of thiazole rings is 1. The third kappa shape index (κ3) is 4.62. The summed E-state index contributed by atoms with van der Waals surface area (Å²) in [5, 5.41) is 6.07. The smallest absolute Gasteiger partial charge is 0.228 e. The quantitative estimate of drug-likeness (QED) is 0.857. The first-order valence-corrected chi connectivity index (χ1v) is 8.74. The second-order valence-electron chi connectivity index (χ2n) is 5.52. The number of halogens is 1. The highest BCUT2D eigenvalue weighted by Crippen LogP contribution is 2.33. The van der Waals surface area contributed by atoms with Gasteiger partial charge in [0.05, 0.1) is 26.3 Å². The van der Waals surface area contributed by atoms with Crippen molar-refractivity contribution in [3.05, 3.63) is 29.3 Å². The van der Waals surface area contributed by atoms with E-state index in [9.17, 15) is 4.79 Å². The van der Waals surface area contributed by atoms with Crippen LogP contribution < -0.4 is 14.8 Å². The standard InChI is InChI=1S/C17H21N3O3S.ClH/c1-22-14-4-3-12(9-15(14)23-2)17-19-13(11-24-17)10-16(21)20-7-5-18-6-8-20;/h3-4,9,11,18H,5-8,10H2,1-2H3;1H. The fourth-order valence-electron chi connectivity index (χ4n) is 2.67. The predicted molar refractivity (Wildman–Crippen MR) is 101 cm³/mol. The number of hydrogen-bond donors (Lipinski definition) is 1. The molecular formula is C17H22ClN3O3S. The van der Waals surface area contributed by atoms with Crippen LogP contribution in [0.25, 0.3) is 10.6 Å². The fraction of sp³-hybridized carbons (Fsp3) is 0.412. The van der Waals surface area contributed by atoms with E-state index < -0.39 is 0 Å². The highest BCUT2D eigenvalue weighted by atomic mass is 35.5. The third-order valence-electron chi connectivity index (χ3n) is 3.98. The summed E-state index contributed by atoms with van der Waals surface area (Å²) in [7, 11) is 3.22. The van der Waals surface area contributed by atoms with Crippen LogP contribution in [-0.2, 0) is 11.2 Å². The van der Waals surface area contributed by atoms with Crippen molar-refractivity contribution in [3.8, 4) is 22.1 Å². The number of aromatic nitrogens is 1. The maximum absolute atomic E-state index is 12.3. The average molecular weight is 384 g/mol. The first kappa shape index (κ1) is 19.5. The Balaban J connectivity index is 0.00000225. The summed E-state index contributed by atoms with van der Waals surface area (Å²) in [6, 6.07) is 5.71. The zero-order valence-electron chi connectivity index (χ0n) is 14.3. The molecule has 0 atom stereocenters. The van der Waals surface area contributed by atoms with Gasteiger partial charge in [-0.1, -0.05) is 0 Å². The van der Waals surface area contributed by atoms with Crippen molar-refractivity contribution in [2.45, 2.75) is 6.42 Å². The fourth-order valence-corrected chi connectivity index (χ4v) is 3.49. The van der Waals surface area contributed by atoms with Crippen molar-refractivity contribution in [2.75, 3.05) is 40.4 Å². The largest absolute Gasteiger partial charge is 0.493 e. The maximum Gasteiger partial charge on any atom is 0.228 e. The molecule has 1 N–H and O–H groups in total. The van der Waals surface area contributed by atoms with Crippen LogP contribution in [-0.4, -0.2) is 56.2 Å². The Morgan fingerprint density at radius 1 is 1.24 bits per heavy atom. The molecule has 1 aliphatic heterocycles. The van der Waals surface area contributed by atoms with Gasteiger partial charge in [0.15, 0.2) is 11.5 Å². The molecule has 8 heteroatoms. The average Bonchev–Trinajstić information content (AvgIpc) is 3.10. The third-order valence-corrected chi connectivity index (χ3v) is 4.92. The van der Waals surface area contributed by atoms with Gasteiger partial charge in [-0.15, -0.1) is 23.7 Å². The number of ether oxygens (including phenoxy) is 2. The van der Waals surface area contributed by atoms with E-state index in [1.165, 1.54) is 11.3 Å². The first-order valence-electron chi connectivity index (χ1n) is 7.86. The van der Waals surface area contributed by atoms with E-state index in [0.29, 0.717) is 17.9 Å². The molecule has 6 nitrogen and oxygen atoms in total. The monoisotopic (exact) mass is 383 g/mol. The molecular weight excluding hydrogens is 362 g/mol. The Labute approximate surface area is 157 Å². The van der Waals surface area contributed by atoms with Crippen LogP contribution in [0.1, 0.15) is 5.69 Å². The summed E-state index contributed by atoms with van der Waals surface area (Å²) < 4.78 is 10.6. The van der Waals surface area contributed by atoms with Crippen molar-refractivity contribution in [1.82, 2.24) is 15.2 Å². The molecule has 0 bridgehead atoms. The molecule has 0 saturated carbocycles. The first-order chi connectivity index (χ1) is 11.7. The number of nitrogens with one attached hydrogen (secondary N) is 1. The lowest BCUT2D eigenvalue weighted by atomic mass is 10.2. The molecule has 1 aromatic heterocycles. The van der Waals surface area contributed by atoms with Gasteiger partial charge < -0.3 is 19.7 Å². The van der Waals surface area contributed by atoms with Crippen LogP contribution in [0, 0.1) is 0 Å². The van der Waals surface area contributed by atoms with Crippen molar-refractivity contribution < 1.29 is 14.3 Å². The van der Waals surface area contributed by atoms with E-state index >= 15 is 0 Å². The topological polar surface area (TPSA) is 63.7 Å². The number of rotatable bonds is 5. The van der Waals surface area contributed by atoms with E-state index in [2.05, 4.69) is 10.3 Å². The Morgan fingerprint density at radius 2 is 1.96 bits per heavy atom. The second kappa shape index (κ2) is 9.03. The predicted octanol–water partition coefficient (Wildman–Crippen LogP) is 2.22. The number of carbonyl (C=O) groups is 1. The summed E-state index contributed by atoms with van der Waals surface area (Å²) in [6.45, 7) is 3.26. The number of piperazine rings is 1. The summed E-state index contributed by atoms with van der Waals surface area (Å²) >= 11 is 1.53. The molecule has 1 amide bonds. The minimum Gasteiger partial charge on any atom is -0.493 e. The van der Waals surface area contributed by atoms with Gasteiger partial charge >= 0.3 is 0 Å². The minimum atomic E-state index is 0. The van der Waals surface area contributed by atoms with E-state index in [1.54, 1.807) is 14.2 Å². The van der Waals surface area contributed by atoms with Gasteiger partial charge in [0, 0.05) is 37.1 Å². The summed E-state index contributed by atoms with van der Waals surface area (Å²) in [5.41, 5.74) is 1.77. The Morgan fingerprint density at radius 3 is 2.64 bits per heavy atom. The van der Waals surface area contributed by atoms with Crippen molar-refractivity contribution in [1.29, 1.82) is 0 Å². The number of benzene rings is 1. The molecule has 1 saturated heterocycles. The Hall–Kier alpha value is -1.83. The summed E-state index contributed by atoms with van der Waals surface area (Å²) in [6.07, 6.45) is 0.351. The summed E-state index contributed by atoms with van der Waals surface area (Å²) in [5.74, 6) is 1.50. The highest BCUT2D eigenvalue weighted by molar-refractivity contribution is 7.13. The van der Waals surface area contributed by atoms with Crippen LogP contribution >= 0.6 is 23.7 Å². The van der Waals surface area contributed by atoms with Crippen LogP contribution in [0.15, 0.2) is 23.6 Å². The zero-order valence-corrected chi connectivity index (χ0v) is 15.9.